The summed E-state index contributed by atoms with van der Waals surface area (Å²) in [6.45, 7) is 1.81. The molecule has 4 heterocycles. The Morgan fingerprint density at radius 2 is 1.88 bits per heavy atom. The molecule has 42 heavy (non-hydrogen) atoms. The van der Waals surface area contributed by atoms with Gasteiger partial charge in [0.25, 0.3) is 5.91 Å². The zero-order valence-electron chi connectivity index (χ0n) is 23.2. The number of rotatable bonds is 7. The van der Waals surface area contributed by atoms with Crippen LogP contribution in [0.3, 0.4) is 0 Å². The predicted molar refractivity (Wildman–Crippen MR) is 155 cm³/mol. The van der Waals surface area contributed by atoms with Crippen LogP contribution in [-0.4, -0.2) is 62.7 Å². The van der Waals surface area contributed by atoms with Gasteiger partial charge in [0.15, 0.2) is 5.58 Å². The molecule has 2 fully saturated rings. The van der Waals surface area contributed by atoms with Gasteiger partial charge in [-0.05, 0) is 61.2 Å². The lowest BCUT2D eigenvalue weighted by molar-refractivity contribution is 0.0142. The highest BCUT2D eigenvalue weighted by atomic mass is 19.1. The third-order valence-corrected chi connectivity index (χ3v) is 7.78. The van der Waals surface area contributed by atoms with E-state index < -0.39 is 12.2 Å². The van der Waals surface area contributed by atoms with Gasteiger partial charge in [-0.1, -0.05) is 6.07 Å². The third kappa shape index (κ3) is 5.66. The molecule has 10 heteroatoms. The van der Waals surface area contributed by atoms with Crippen LogP contribution in [0.2, 0.25) is 0 Å². The van der Waals surface area contributed by atoms with Crippen LogP contribution < -0.4 is 15.4 Å². The first-order valence-electron chi connectivity index (χ1n) is 14.0. The highest BCUT2D eigenvalue weighted by Crippen LogP contribution is 2.38. The molecule has 2 aromatic carbocycles. The minimum Gasteiger partial charge on any atom is -0.496 e. The Bertz CT molecular complexity index is 1640. The van der Waals surface area contributed by atoms with Crippen LogP contribution in [0.5, 0.6) is 5.75 Å². The summed E-state index contributed by atoms with van der Waals surface area (Å²) in [7, 11) is 1.52. The summed E-state index contributed by atoms with van der Waals surface area (Å²) in [5, 5.41) is 16.1. The molecule has 2 aromatic heterocycles. The van der Waals surface area contributed by atoms with E-state index in [1.165, 1.54) is 7.11 Å². The lowest BCUT2D eigenvalue weighted by atomic mass is 10.0. The predicted octanol–water partition coefficient (Wildman–Crippen LogP) is 5.49. The molecular weight excluding hydrogens is 539 g/mol. The summed E-state index contributed by atoms with van der Waals surface area (Å²) in [4.78, 5) is 17.4. The fourth-order valence-electron chi connectivity index (χ4n) is 5.44. The number of amides is 1. The Morgan fingerprint density at radius 1 is 1.05 bits per heavy atom. The first kappa shape index (κ1) is 27.7. The smallest absolute Gasteiger partial charge is 0.251 e. The van der Waals surface area contributed by atoms with Crippen molar-refractivity contribution in [2.45, 2.75) is 37.5 Å². The fourth-order valence-corrected chi connectivity index (χ4v) is 5.44. The highest BCUT2D eigenvalue weighted by Gasteiger charge is 2.27. The fraction of sp³-hybridized carbons (Fsp3) is 0.344. The number of carbonyl (C=O) groups is 1. The number of carbonyl (C=O) groups excluding carboxylic acids is 1. The summed E-state index contributed by atoms with van der Waals surface area (Å²) in [6, 6.07) is 16.4. The molecule has 6 rings (SSSR count). The van der Waals surface area contributed by atoms with Gasteiger partial charge < -0.3 is 29.3 Å². The maximum absolute atomic E-state index is 14.2. The van der Waals surface area contributed by atoms with E-state index in [0.717, 1.165) is 29.7 Å². The lowest BCUT2D eigenvalue weighted by Gasteiger charge is -2.26. The van der Waals surface area contributed by atoms with Gasteiger partial charge in [0.2, 0.25) is 0 Å². The molecule has 2 N–H and O–H groups in total. The number of pyridine rings is 1. The number of alkyl halides is 1. The number of benzene rings is 2. The second kappa shape index (κ2) is 12.2. The zero-order chi connectivity index (χ0) is 29.1. The van der Waals surface area contributed by atoms with Crippen molar-refractivity contribution in [1.29, 1.82) is 5.26 Å². The minimum atomic E-state index is -1.25. The molecular formula is C32H31FN4O5. The van der Waals surface area contributed by atoms with Crippen LogP contribution in [-0.2, 0) is 9.47 Å². The van der Waals surface area contributed by atoms with Gasteiger partial charge in [-0.15, -0.1) is 0 Å². The van der Waals surface area contributed by atoms with Crippen LogP contribution in [0.4, 0.5) is 10.1 Å². The summed E-state index contributed by atoms with van der Waals surface area (Å²) < 4.78 is 36.7. The second-order valence-electron chi connectivity index (χ2n) is 10.5. The summed E-state index contributed by atoms with van der Waals surface area (Å²) >= 11 is 0. The number of nitrogens with one attached hydrogen (secondary N) is 2. The van der Waals surface area contributed by atoms with Gasteiger partial charge in [0.1, 0.15) is 29.3 Å². The van der Waals surface area contributed by atoms with Crippen molar-refractivity contribution in [1.82, 2.24) is 10.3 Å². The maximum atomic E-state index is 14.2. The minimum absolute atomic E-state index is 0.0234. The Kier molecular flexibility index (Phi) is 8.04. The van der Waals surface area contributed by atoms with Crippen LogP contribution in [0.1, 0.15) is 35.2 Å². The van der Waals surface area contributed by atoms with Gasteiger partial charge in [0.05, 0.1) is 36.6 Å². The van der Waals surface area contributed by atoms with Crippen molar-refractivity contribution in [3.8, 4) is 34.3 Å². The van der Waals surface area contributed by atoms with E-state index in [4.69, 9.17) is 18.6 Å². The molecule has 2 unspecified atom stereocenters. The largest absolute Gasteiger partial charge is 0.496 e. The molecule has 1 amide bonds. The number of halogens is 1. The molecule has 2 saturated heterocycles. The van der Waals surface area contributed by atoms with Crippen LogP contribution in [0, 0.1) is 11.3 Å². The van der Waals surface area contributed by atoms with E-state index in [1.54, 1.807) is 24.4 Å². The van der Waals surface area contributed by atoms with E-state index in [1.807, 2.05) is 30.3 Å². The summed E-state index contributed by atoms with van der Waals surface area (Å²) in [5.74, 6) is 0.564. The molecule has 2 atom stereocenters. The van der Waals surface area contributed by atoms with E-state index in [9.17, 15) is 14.4 Å². The van der Waals surface area contributed by atoms with Crippen molar-refractivity contribution in [3.63, 3.8) is 0 Å². The number of hydrogen-bond donors (Lipinski definition) is 2. The van der Waals surface area contributed by atoms with Gasteiger partial charge >= 0.3 is 0 Å². The van der Waals surface area contributed by atoms with Gasteiger partial charge in [-0.3, -0.25) is 9.78 Å². The third-order valence-electron chi connectivity index (χ3n) is 7.78. The van der Waals surface area contributed by atoms with E-state index >= 15 is 0 Å². The topological polar surface area (TPSA) is 119 Å². The highest BCUT2D eigenvalue weighted by molar-refractivity contribution is 5.97. The monoisotopic (exact) mass is 570 g/mol. The average Bonchev–Trinajstić information content (AvgIpc) is 3.47. The van der Waals surface area contributed by atoms with Crippen molar-refractivity contribution in [2.24, 2.45) is 0 Å². The maximum Gasteiger partial charge on any atom is 0.251 e. The summed E-state index contributed by atoms with van der Waals surface area (Å²) in [5.41, 5.74) is 5.17. The molecule has 0 bridgehead atoms. The molecule has 9 nitrogen and oxygen atoms in total. The van der Waals surface area contributed by atoms with Gasteiger partial charge in [-0.2, -0.15) is 5.26 Å². The molecule has 2 aliphatic rings. The van der Waals surface area contributed by atoms with E-state index in [2.05, 4.69) is 21.7 Å². The zero-order valence-corrected chi connectivity index (χ0v) is 23.2. The number of furan rings is 1. The van der Waals surface area contributed by atoms with Crippen molar-refractivity contribution in [2.75, 3.05) is 38.9 Å². The molecule has 216 valence electrons. The summed E-state index contributed by atoms with van der Waals surface area (Å²) in [6.07, 6.45) is 2.67. The number of aromatic nitrogens is 1. The Hall–Kier alpha value is -4.46. The number of hydrogen-bond acceptors (Lipinski definition) is 8. The molecule has 0 aliphatic carbocycles. The molecule has 2 aliphatic heterocycles. The SMILES string of the molecule is COc1cc(C(=O)NC2CCOCC2F)ccc1-c1cc2nccc(-c3ccc(NC4CCOCC4)c(C#N)c3)c2o1. The van der Waals surface area contributed by atoms with Gasteiger partial charge in [0, 0.05) is 49.3 Å². The van der Waals surface area contributed by atoms with Crippen molar-refractivity contribution >= 4 is 22.7 Å². The number of ether oxygens (including phenoxy) is 3. The Morgan fingerprint density at radius 3 is 2.67 bits per heavy atom. The molecule has 0 saturated carbocycles. The van der Waals surface area contributed by atoms with E-state index in [-0.39, 0.29) is 18.6 Å². The standard InChI is InChI=1S/C32H31FN4O5/c1-39-29-15-20(32(38)37-27-9-13-41-18-25(27)33)2-4-24(29)30-16-28-31(42-30)23(6-10-35-28)19-3-5-26(21(14-19)17-34)36-22-7-11-40-12-8-22/h2-6,10,14-16,22,25,27,36H,7-9,11-13,18H2,1H3,(H,37,38). The first-order valence-corrected chi connectivity index (χ1v) is 14.0. The Balaban J connectivity index is 1.28. The number of nitriles is 1. The molecule has 4 aromatic rings. The lowest BCUT2D eigenvalue weighted by Crippen LogP contribution is -2.46. The second-order valence-corrected chi connectivity index (χ2v) is 10.5. The number of nitrogens with zero attached hydrogens (tertiary/aromatic N) is 2. The molecule has 0 radical (unpaired) electrons. The van der Waals surface area contributed by atoms with Crippen LogP contribution in [0.15, 0.2) is 59.1 Å². The molecule has 0 spiro atoms. The first-order chi connectivity index (χ1) is 20.5. The van der Waals surface area contributed by atoms with Crippen molar-refractivity contribution < 1.29 is 27.8 Å². The Labute approximate surface area is 242 Å². The normalized spacial score (nSPS) is 19.3. The van der Waals surface area contributed by atoms with Gasteiger partial charge in [-0.25, -0.2) is 4.39 Å². The van der Waals surface area contributed by atoms with Crippen molar-refractivity contribution in [3.05, 3.63) is 65.9 Å². The van der Waals surface area contributed by atoms with E-state index in [0.29, 0.717) is 65.5 Å². The van der Waals surface area contributed by atoms with Crippen LogP contribution >= 0.6 is 0 Å². The number of fused-ring (bicyclic) bond motifs is 1. The average molecular weight is 571 g/mol. The number of anilines is 1. The quantitative estimate of drug-likeness (QED) is 0.300. The van der Waals surface area contributed by atoms with Crippen LogP contribution in [0.25, 0.3) is 33.6 Å². The number of methoxy groups -OCH3 is 1.